The van der Waals surface area contributed by atoms with E-state index in [1.54, 1.807) is 0 Å². The molecule has 0 radical (unpaired) electrons. The summed E-state index contributed by atoms with van der Waals surface area (Å²) in [4.78, 5) is 0. The highest BCUT2D eigenvalue weighted by molar-refractivity contribution is 4.90. The molecule has 2 atom stereocenters. The highest BCUT2D eigenvalue weighted by atomic mass is 14.4. The van der Waals surface area contributed by atoms with Crippen LogP contribution in [0.1, 0.15) is 26.7 Å². The Morgan fingerprint density at radius 3 is 2.33 bits per heavy atom. The lowest BCUT2D eigenvalue weighted by atomic mass is 9.93. The monoisotopic (exact) mass is 123 g/mol. The second-order valence-electron chi connectivity index (χ2n) is 3.11. The molecule has 0 heterocycles. The van der Waals surface area contributed by atoms with E-state index in [9.17, 15) is 0 Å². The first-order valence-electron chi connectivity index (χ1n) is 3.65. The van der Waals surface area contributed by atoms with Crippen molar-refractivity contribution in [1.82, 2.24) is 0 Å². The van der Waals surface area contributed by atoms with Gasteiger partial charge >= 0.3 is 0 Å². The van der Waals surface area contributed by atoms with E-state index in [-0.39, 0.29) is 5.92 Å². The van der Waals surface area contributed by atoms with Crippen molar-refractivity contribution >= 4 is 0 Å². The van der Waals surface area contributed by atoms with Gasteiger partial charge in [0.15, 0.2) is 0 Å². The summed E-state index contributed by atoms with van der Waals surface area (Å²) in [6.07, 6.45) is 2.71. The minimum atomic E-state index is 0.262. The fourth-order valence-corrected chi connectivity index (χ4v) is 1.15. The summed E-state index contributed by atoms with van der Waals surface area (Å²) >= 11 is 0. The van der Waals surface area contributed by atoms with Gasteiger partial charge in [0, 0.05) is 5.92 Å². The van der Waals surface area contributed by atoms with Gasteiger partial charge in [-0.1, -0.05) is 6.92 Å². The van der Waals surface area contributed by atoms with Gasteiger partial charge in [-0.25, -0.2) is 0 Å². The molecule has 0 aromatic heterocycles. The van der Waals surface area contributed by atoms with Crippen molar-refractivity contribution in [1.29, 1.82) is 5.26 Å². The molecular formula is C8H13N. The Balaban J connectivity index is 2.32. The average molecular weight is 123 g/mol. The molecule has 1 saturated carbocycles. The molecule has 0 aliphatic heterocycles. The Labute approximate surface area is 56.7 Å². The van der Waals surface area contributed by atoms with Gasteiger partial charge in [0.05, 0.1) is 6.07 Å². The van der Waals surface area contributed by atoms with Gasteiger partial charge in [-0.05, 0) is 31.6 Å². The Kier molecular flexibility index (Phi) is 1.75. The predicted octanol–water partition coefficient (Wildman–Crippen LogP) is 2.19. The maximum absolute atomic E-state index is 8.53. The third-order valence-corrected chi connectivity index (χ3v) is 2.36. The SMILES string of the molecule is CC(C#N)[C@@H](C)C1CC1. The van der Waals surface area contributed by atoms with E-state index >= 15 is 0 Å². The summed E-state index contributed by atoms with van der Waals surface area (Å²) in [5, 5.41) is 8.53. The van der Waals surface area contributed by atoms with E-state index in [1.165, 1.54) is 12.8 Å². The molecule has 0 spiro atoms. The van der Waals surface area contributed by atoms with Gasteiger partial charge in [-0.15, -0.1) is 0 Å². The van der Waals surface area contributed by atoms with Crippen LogP contribution < -0.4 is 0 Å². The lowest BCUT2D eigenvalue weighted by Crippen LogP contribution is -2.06. The molecule has 1 aliphatic carbocycles. The van der Waals surface area contributed by atoms with Crippen LogP contribution in [0.4, 0.5) is 0 Å². The second kappa shape index (κ2) is 2.39. The number of hydrogen-bond acceptors (Lipinski definition) is 1. The van der Waals surface area contributed by atoms with E-state index in [0.29, 0.717) is 5.92 Å². The topological polar surface area (TPSA) is 23.8 Å². The fourth-order valence-electron chi connectivity index (χ4n) is 1.15. The van der Waals surface area contributed by atoms with Gasteiger partial charge in [-0.2, -0.15) is 5.26 Å². The molecule has 0 aromatic rings. The average Bonchev–Trinajstić information content (AvgIpc) is 2.66. The number of rotatable bonds is 2. The molecule has 50 valence electrons. The minimum absolute atomic E-state index is 0.262. The molecule has 1 rings (SSSR count). The van der Waals surface area contributed by atoms with Crippen LogP contribution in [0, 0.1) is 29.1 Å². The van der Waals surface area contributed by atoms with Gasteiger partial charge in [0.1, 0.15) is 0 Å². The number of nitrogens with zero attached hydrogens (tertiary/aromatic N) is 1. The van der Waals surface area contributed by atoms with E-state index < -0.39 is 0 Å². The minimum Gasteiger partial charge on any atom is -0.198 e. The number of hydrogen-bond donors (Lipinski definition) is 0. The highest BCUT2D eigenvalue weighted by Gasteiger charge is 2.30. The smallest absolute Gasteiger partial charge is 0.0655 e. The quantitative estimate of drug-likeness (QED) is 0.552. The molecule has 1 nitrogen and oxygen atoms in total. The van der Waals surface area contributed by atoms with Gasteiger partial charge in [-0.3, -0.25) is 0 Å². The Morgan fingerprint density at radius 2 is 2.00 bits per heavy atom. The molecule has 1 heteroatoms. The van der Waals surface area contributed by atoms with E-state index in [0.717, 1.165) is 5.92 Å². The summed E-state index contributed by atoms with van der Waals surface area (Å²) in [6.45, 7) is 4.20. The van der Waals surface area contributed by atoms with Gasteiger partial charge in [0.2, 0.25) is 0 Å². The molecule has 9 heavy (non-hydrogen) atoms. The zero-order valence-corrected chi connectivity index (χ0v) is 6.09. The molecule has 0 saturated heterocycles. The van der Waals surface area contributed by atoms with E-state index in [2.05, 4.69) is 13.0 Å². The van der Waals surface area contributed by atoms with Crippen molar-refractivity contribution in [3.63, 3.8) is 0 Å². The van der Waals surface area contributed by atoms with E-state index in [1.807, 2.05) is 6.92 Å². The third kappa shape index (κ3) is 1.45. The summed E-state index contributed by atoms with van der Waals surface area (Å²) < 4.78 is 0. The van der Waals surface area contributed by atoms with Crippen molar-refractivity contribution in [3.05, 3.63) is 0 Å². The van der Waals surface area contributed by atoms with Crippen LogP contribution in [-0.4, -0.2) is 0 Å². The third-order valence-electron chi connectivity index (χ3n) is 2.36. The van der Waals surface area contributed by atoms with Crippen LogP contribution in [0.2, 0.25) is 0 Å². The maximum atomic E-state index is 8.53. The van der Waals surface area contributed by atoms with Crippen LogP contribution in [-0.2, 0) is 0 Å². The Morgan fingerprint density at radius 1 is 1.44 bits per heavy atom. The summed E-state index contributed by atoms with van der Waals surface area (Å²) in [6, 6.07) is 2.29. The van der Waals surface area contributed by atoms with Crippen LogP contribution >= 0.6 is 0 Å². The number of nitriles is 1. The molecular weight excluding hydrogens is 110 g/mol. The summed E-state index contributed by atoms with van der Waals surface area (Å²) in [5.74, 6) is 1.77. The molecule has 1 fully saturated rings. The highest BCUT2D eigenvalue weighted by Crippen LogP contribution is 2.39. The maximum Gasteiger partial charge on any atom is 0.0655 e. The lowest BCUT2D eigenvalue weighted by Gasteiger charge is -2.10. The standard InChI is InChI=1S/C8H13N/c1-6(5-9)7(2)8-3-4-8/h6-8H,3-4H2,1-2H3/t6?,7-/m1/s1. The fraction of sp³-hybridized carbons (Fsp3) is 0.875. The lowest BCUT2D eigenvalue weighted by molar-refractivity contribution is 0.414. The Bertz CT molecular complexity index is 130. The molecule has 0 amide bonds. The second-order valence-corrected chi connectivity index (χ2v) is 3.11. The predicted molar refractivity (Wildman–Crippen MR) is 36.7 cm³/mol. The van der Waals surface area contributed by atoms with Crippen molar-refractivity contribution in [2.75, 3.05) is 0 Å². The van der Waals surface area contributed by atoms with Crippen LogP contribution in [0.3, 0.4) is 0 Å². The van der Waals surface area contributed by atoms with Crippen LogP contribution in [0.25, 0.3) is 0 Å². The molecule has 0 aromatic carbocycles. The van der Waals surface area contributed by atoms with Gasteiger partial charge in [0.25, 0.3) is 0 Å². The molecule has 1 aliphatic rings. The molecule has 0 N–H and O–H groups in total. The summed E-state index contributed by atoms with van der Waals surface area (Å²) in [5.41, 5.74) is 0. The zero-order valence-electron chi connectivity index (χ0n) is 6.09. The van der Waals surface area contributed by atoms with E-state index in [4.69, 9.17) is 5.26 Å². The van der Waals surface area contributed by atoms with Crippen molar-refractivity contribution in [3.8, 4) is 6.07 Å². The molecule has 1 unspecified atom stereocenters. The first-order chi connectivity index (χ1) is 4.25. The van der Waals surface area contributed by atoms with Crippen LogP contribution in [0.5, 0.6) is 0 Å². The van der Waals surface area contributed by atoms with Crippen molar-refractivity contribution < 1.29 is 0 Å². The normalized spacial score (nSPS) is 24.6. The van der Waals surface area contributed by atoms with Crippen molar-refractivity contribution in [2.45, 2.75) is 26.7 Å². The van der Waals surface area contributed by atoms with Crippen molar-refractivity contribution in [2.24, 2.45) is 17.8 Å². The van der Waals surface area contributed by atoms with Crippen LogP contribution in [0.15, 0.2) is 0 Å². The molecule has 0 bridgehead atoms. The zero-order chi connectivity index (χ0) is 6.85. The first kappa shape index (κ1) is 6.61. The first-order valence-corrected chi connectivity index (χ1v) is 3.65. The largest absolute Gasteiger partial charge is 0.198 e. The summed E-state index contributed by atoms with van der Waals surface area (Å²) in [7, 11) is 0. The Hall–Kier alpha value is -0.510. The van der Waals surface area contributed by atoms with Gasteiger partial charge < -0.3 is 0 Å².